The maximum atomic E-state index is 5.94. The predicted octanol–water partition coefficient (Wildman–Crippen LogP) is 4.57. The fourth-order valence-corrected chi connectivity index (χ4v) is 2.06. The molecule has 0 aliphatic carbocycles. The molecule has 0 radical (unpaired) electrons. The Morgan fingerprint density at radius 2 is 1.43 bits per heavy atom. The van der Waals surface area contributed by atoms with E-state index < -0.39 is 0 Å². The topological polar surface area (TPSA) is 25.8 Å². The van der Waals surface area contributed by atoms with Crippen LogP contribution in [-0.4, -0.2) is 9.97 Å². The van der Waals surface area contributed by atoms with E-state index in [9.17, 15) is 0 Å². The van der Waals surface area contributed by atoms with Gasteiger partial charge in [0, 0.05) is 4.47 Å². The lowest BCUT2D eigenvalue weighted by molar-refractivity contribution is 1.21. The third-order valence-corrected chi connectivity index (χ3v) is 4.46. The maximum absolute atomic E-state index is 5.94. The van der Waals surface area contributed by atoms with E-state index in [4.69, 9.17) is 11.6 Å². The second-order valence-corrected chi connectivity index (χ2v) is 5.32. The van der Waals surface area contributed by atoms with Crippen LogP contribution in [0, 0.1) is 0 Å². The van der Waals surface area contributed by atoms with Crippen molar-refractivity contribution in [3.8, 4) is 0 Å². The first-order valence-corrected chi connectivity index (χ1v) is 6.31. The van der Waals surface area contributed by atoms with Gasteiger partial charge in [0.1, 0.15) is 9.21 Å². The third-order valence-electron chi connectivity index (χ3n) is 1.62. The molecule has 6 heteroatoms. The Morgan fingerprint density at radius 3 is 2.00 bits per heavy atom. The van der Waals surface area contributed by atoms with Gasteiger partial charge in [-0.15, -0.1) is 0 Å². The van der Waals surface area contributed by atoms with Crippen LogP contribution in [0.2, 0.25) is 5.02 Å². The Kier molecular flexibility index (Phi) is 3.12. The van der Waals surface area contributed by atoms with Gasteiger partial charge in [-0.1, -0.05) is 11.6 Å². The van der Waals surface area contributed by atoms with Crippen molar-refractivity contribution in [3.63, 3.8) is 0 Å². The Morgan fingerprint density at radius 1 is 0.929 bits per heavy atom. The SMILES string of the molecule is Clc1cc2nc(Br)c(Br)nc2cc1Br. The summed E-state index contributed by atoms with van der Waals surface area (Å²) in [6.07, 6.45) is 0. The van der Waals surface area contributed by atoms with Crippen LogP contribution in [0.3, 0.4) is 0 Å². The molecule has 0 N–H and O–H groups in total. The Labute approximate surface area is 110 Å². The highest BCUT2D eigenvalue weighted by Crippen LogP contribution is 2.29. The van der Waals surface area contributed by atoms with Crippen molar-refractivity contribution in [1.82, 2.24) is 9.97 Å². The summed E-state index contributed by atoms with van der Waals surface area (Å²) >= 11 is 15.8. The minimum absolute atomic E-state index is 0.626. The number of hydrogen-bond acceptors (Lipinski definition) is 2. The van der Waals surface area contributed by atoms with Gasteiger partial charge in [-0.2, -0.15) is 0 Å². The predicted molar refractivity (Wildman–Crippen MR) is 67.6 cm³/mol. The van der Waals surface area contributed by atoms with E-state index in [0.717, 1.165) is 15.5 Å². The van der Waals surface area contributed by atoms with Crippen LogP contribution in [0.1, 0.15) is 0 Å². The number of halogens is 4. The molecule has 0 bridgehead atoms. The van der Waals surface area contributed by atoms with Crippen LogP contribution in [0.15, 0.2) is 25.8 Å². The molecule has 0 amide bonds. The van der Waals surface area contributed by atoms with Gasteiger partial charge in [0.05, 0.1) is 16.1 Å². The summed E-state index contributed by atoms with van der Waals surface area (Å²) in [5, 5.41) is 0.626. The lowest BCUT2D eigenvalue weighted by Crippen LogP contribution is -1.87. The molecule has 1 heterocycles. The molecule has 0 aliphatic rings. The normalized spacial score (nSPS) is 10.9. The van der Waals surface area contributed by atoms with E-state index in [1.165, 1.54) is 0 Å². The standard InChI is InChI=1S/C8H2Br3ClN2/c9-3-1-5-6(2-4(3)12)14-8(11)7(10)13-5/h1-2H. The maximum Gasteiger partial charge on any atom is 0.139 e. The van der Waals surface area contributed by atoms with Crippen molar-refractivity contribution >= 4 is 70.4 Å². The van der Waals surface area contributed by atoms with Crippen molar-refractivity contribution in [1.29, 1.82) is 0 Å². The zero-order valence-electron chi connectivity index (χ0n) is 6.56. The van der Waals surface area contributed by atoms with Crippen LogP contribution in [0.25, 0.3) is 11.0 Å². The molecular formula is C8H2Br3ClN2. The van der Waals surface area contributed by atoms with Crippen LogP contribution < -0.4 is 0 Å². The fraction of sp³-hybridized carbons (Fsp3) is 0. The average Bonchev–Trinajstić information content (AvgIpc) is 2.11. The second kappa shape index (κ2) is 4.04. The number of hydrogen-bond donors (Lipinski definition) is 0. The molecule has 72 valence electrons. The van der Waals surface area contributed by atoms with Crippen molar-refractivity contribution < 1.29 is 0 Å². The van der Waals surface area contributed by atoms with Gasteiger partial charge < -0.3 is 0 Å². The summed E-state index contributed by atoms with van der Waals surface area (Å²) in [6.45, 7) is 0. The smallest absolute Gasteiger partial charge is 0.139 e. The molecule has 0 fully saturated rings. The van der Waals surface area contributed by atoms with E-state index in [2.05, 4.69) is 57.8 Å². The van der Waals surface area contributed by atoms with Crippen molar-refractivity contribution in [2.75, 3.05) is 0 Å². The monoisotopic (exact) mass is 398 g/mol. The van der Waals surface area contributed by atoms with Gasteiger partial charge in [-0.05, 0) is 59.9 Å². The average molecular weight is 401 g/mol. The molecule has 0 unspecified atom stereocenters. The second-order valence-electron chi connectivity index (χ2n) is 2.56. The van der Waals surface area contributed by atoms with Crippen molar-refractivity contribution in [2.45, 2.75) is 0 Å². The first kappa shape index (κ1) is 10.8. The first-order chi connectivity index (χ1) is 6.58. The summed E-state index contributed by atoms with van der Waals surface area (Å²) in [7, 11) is 0. The highest BCUT2D eigenvalue weighted by Gasteiger charge is 2.06. The molecule has 0 spiro atoms. The van der Waals surface area contributed by atoms with E-state index in [1.54, 1.807) is 6.07 Å². The number of rotatable bonds is 0. The molecule has 0 saturated carbocycles. The highest BCUT2D eigenvalue weighted by molar-refractivity contribution is 9.13. The van der Waals surface area contributed by atoms with E-state index in [1.807, 2.05) is 6.07 Å². The minimum Gasteiger partial charge on any atom is -0.236 e. The van der Waals surface area contributed by atoms with E-state index >= 15 is 0 Å². The summed E-state index contributed by atoms with van der Waals surface area (Å²) in [4.78, 5) is 8.57. The van der Waals surface area contributed by atoms with Gasteiger partial charge in [0.25, 0.3) is 0 Å². The number of benzene rings is 1. The van der Waals surface area contributed by atoms with Gasteiger partial charge in [-0.25, -0.2) is 9.97 Å². The molecular weight excluding hydrogens is 399 g/mol. The van der Waals surface area contributed by atoms with Crippen molar-refractivity contribution in [3.05, 3.63) is 30.8 Å². The van der Waals surface area contributed by atoms with Gasteiger partial charge in [0.15, 0.2) is 0 Å². The highest BCUT2D eigenvalue weighted by atomic mass is 79.9. The Hall–Kier alpha value is 0.290. The van der Waals surface area contributed by atoms with Crippen LogP contribution in [0.4, 0.5) is 0 Å². The summed E-state index contributed by atoms with van der Waals surface area (Å²) in [5.41, 5.74) is 1.55. The molecule has 1 aromatic heterocycles. The summed E-state index contributed by atoms with van der Waals surface area (Å²) < 4.78 is 2.16. The summed E-state index contributed by atoms with van der Waals surface area (Å²) in [5.74, 6) is 0. The summed E-state index contributed by atoms with van der Waals surface area (Å²) in [6, 6.07) is 3.60. The molecule has 0 aliphatic heterocycles. The van der Waals surface area contributed by atoms with Crippen molar-refractivity contribution in [2.24, 2.45) is 0 Å². The Bertz CT molecular complexity index is 426. The molecule has 0 saturated heterocycles. The number of aromatic nitrogens is 2. The zero-order valence-corrected chi connectivity index (χ0v) is 12.1. The van der Waals surface area contributed by atoms with E-state index in [-0.39, 0.29) is 0 Å². The van der Waals surface area contributed by atoms with Gasteiger partial charge in [-0.3, -0.25) is 0 Å². The quantitative estimate of drug-likeness (QED) is 0.647. The van der Waals surface area contributed by atoms with Crippen LogP contribution in [-0.2, 0) is 0 Å². The first-order valence-electron chi connectivity index (χ1n) is 3.56. The zero-order chi connectivity index (χ0) is 10.3. The lowest BCUT2D eigenvalue weighted by atomic mass is 10.3. The minimum atomic E-state index is 0.626. The molecule has 2 rings (SSSR count). The van der Waals surface area contributed by atoms with Crippen LogP contribution in [0.5, 0.6) is 0 Å². The Balaban J connectivity index is 2.83. The third kappa shape index (κ3) is 1.96. The van der Waals surface area contributed by atoms with E-state index in [0.29, 0.717) is 14.2 Å². The van der Waals surface area contributed by atoms with Gasteiger partial charge >= 0.3 is 0 Å². The molecule has 1 aromatic carbocycles. The lowest BCUT2D eigenvalue weighted by Gasteiger charge is -2.01. The number of fused-ring (bicyclic) bond motifs is 1. The molecule has 2 aromatic rings. The largest absolute Gasteiger partial charge is 0.236 e. The molecule has 0 atom stereocenters. The number of nitrogens with zero attached hydrogens (tertiary/aromatic N) is 2. The van der Waals surface area contributed by atoms with Crippen LogP contribution >= 0.6 is 59.4 Å². The molecule has 2 nitrogen and oxygen atoms in total. The fourth-order valence-electron chi connectivity index (χ4n) is 1.01. The van der Waals surface area contributed by atoms with Gasteiger partial charge in [0.2, 0.25) is 0 Å². The molecule has 14 heavy (non-hydrogen) atoms.